The number of rotatable bonds is 42. The first kappa shape index (κ1) is 90.6. The molecule has 0 saturated carbocycles. The lowest BCUT2D eigenvalue weighted by Crippen LogP contribution is -2.63. The number of likely N-dealkylation sites (tertiary alicyclic amines) is 1. The minimum atomic E-state index is -1.78. The van der Waals surface area contributed by atoms with Crippen LogP contribution >= 0.6 is 25.3 Å². The van der Waals surface area contributed by atoms with Crippen LogP contribution in [0.5, 0.6) is 5.75 Å². The average molecular weight is 1580 g/mol. The Morgan fingerprint density at radius 2 is 1.12 bits per heavy atom. The first-order valence-electron chi connectivity index (χ1n) is 35.9. The summed E-state index contributed by atoms with van der Waals surface area (Å²) in [6.45, 7) is 5.84. The van der Waals surface area contributed by atoms with Gasteiger partial charge in [-0.05, 0) is 105 Å². The van der Waals surface area contributed by atoms with E-state index in [0.29, 0.717) is 40.8 Å². The van der Waals surface area contributed by atoms with Gasteiger partial charge in [0.15, 0.2) is 11.9 Å². The maximum atomic E-state index is 14.7. The molecule has 111 heavy (non-hydrogen) atoms. The van der Waals surface area contributed by atoms with Crippen molar-refractivity contribution in [3.05, 3.63) is 131 Å². The Morgan fingerprint density at radius 3 is 1.65 bits per heavy atom. The van der Waals surface area contributed by atoms with E-state index in [1.807, 2.05) is 0 Å². The van der Waals surface area contributed by atoms with Gasteiger partial charge in [0.1, 0.15) is 60.1 Å². The van der Waals surface area contributed by atoms with Crippen molar-refractivity contribution in [3.8, 4) is 5.75 Å². The topological polar surface area (TPSA) is 555 Å². The van der Waals surface area contributed by atoms with Crippen LogP contribution in [0.3, 0.4) is 0 Å². The third kappa shape index (κ3) is 30.0. The van der Waals surface area contributed by atoms with Crippen molar-refractivity contribution in [1.82, 2.24) is 62.6 Å². The van der Waals surface area contributed by atoms with Gasteiger partial charge in [-0.2, -0.15) is 25.3 Å². The van der Waals surface area contributed by atoms with Crippen molar-refractivity contribution in [3.63, 3.8) is 0 Å². The minimum absolute atomic E-state index is 0.0469. The summed E-state index contributed by atoms with van der Waals surface area (Å²) >= 11 is 8.62. The maximum absolute atomic E-state index is 14.7. The molecule has 1 aliphatic rings. The zero-order valence-electron chi connectivity index (χ0n) is 63.1. The molecule has 0 radical (unpaired) electrons. The molecule has 5 rings (SSSR count). The summed E-state index contributed by atoms with van der Waals surface area (Å²) in [5.41, 5.74) is 30.7. The molecule has 12 amide bonds. The molecule has 0 spiro atoms. The number of carbonyl (C=O) groups is 13. The van der Waals surface area contributed by atoms with Gasteiger partial charge in [-0.25, -0.2) is 9.79 Å². The lowest BCUT2D eigenvalue weighted by Gasteiger charge is -2.33. The fraction of sp³-hybridized carbons (Fsp3) is 0.473. The summed E-state index contributed by atoms with van der Waals surface area (Å²) in [4.78, 5) is 193. The van der Waals surface area contributed by atoms with Crippen LogP contribution < -0.4 is 76.5 Å². The number of aliphatic carboxylic acids is 1. The molecular weight excluding hydrogens is 1480 g/mol. The summed E-state index contributed by atoms with van der Waals surface area (Å²) in [6, 6.07) is 15.4. The number of carboxylic acid groups (broad SMARTS) is 1. The van der Waals surface area contributed by atoms with Crippen molar-refractivity contribution < 1.29 is 77.6 Å². The third-order valence-corrected chi connectivity index (χ3v) is 18.5. The van der Waals surface area contributed by atoms with E-state index >= 15 is 0 Å². The molecule has 4 aromatic carbocycles. The van der Waals surface area contributed by atoms with E-state index in [0.717, 1.165) is 9.80 Å². The number of aliphatic hydroxyl groups is 1. The number of nitrogens with two attached hydrogens (primary N) is 5. The van der Waals surface area contributed by atoms with Gasteiger partial charge in [0.05, 0.1) is 37.5 Å². The zero-order chi connectivity index (χ0) is 82.4. The highest BCUT2D eigenvalue weighted by molar-refractivity contribution is 7.81. The zero-order valence-corrected chi connectivity index (χ0v) is 64.9. The predicted molar refractivity (Wildman–Crippen MR) is 420 cm³/mol. The Bertz CT molecular complexity index is 3920. The number of carboxylic acids is 1. The number of thiol groups is 2. The van der Waals surface area contributed by atoms with E-state index in [1.165, 1.54) is 64.0 Å². The number of nitrogens with one attached hydrogen (secondary N) is 9. The highest BCUT2D eigenvalue weighted by atomic mass is 32.1. The van der Waals surface area contributed by atoms with Gasteiger partial charge in [0, 0.05) is 63.4 Å². The predicted octanol–water partition coefficient (Wildman–Crippen LogP) is -3.00. The van der Waals surface area contributed by atoms with E-state index in [4.69, 9.17) is 28.7 Å². The van der Waals surface area contributed by atoms with Gasteiger partial charge in [0.2, 0.25) is 70.9 Å². The third-order valence-electron chi connectivity index (χ3n) is 17.9. The van der Waals surface area contributed by atoms with Gasteiger partial charge in [-0.3, -0.25) is 62.5 Å². The largest absolute Gasteiger partial charge is 0.508 e. The minimum Gasteiger partial charge on any atom is -0.508 e. The summed E-state index contributed by atoms with van der Waals surface area (Å²) in [5.74, 6) is -12.3. The monoisotopic (exact) mass is 1580 g/mol. The molecule has 604 valence electrons. The van der Waals surface area contributed by atoms with Crippen LogP contribution in [-0.4, -0.2) is 243 Å². The van der Waals surface area contributed by atoms with Crippen molar-refractivity contribution in [2.24, 2.45) is 44.6 Å². The standard InChI is InChI=1S/C74H105N19O16S2/c1-41(2)32-56(67(104)87-53(36-46-24-28-48(95)29-25-46)70(107)93-31-15-21-55(93)66(103)88-54(40-110)71(108)109)92(7)59(98)39-91(6)58(97)38-82-63(100)50(33-43-16-10-8-11-17-43)86-64(101)51(35-45-22-26-47(27-23-45)83-73(78)79)84-57(96)37-81-68(105)60(42(3)94)89-69(106)61(74(4,5)111)90-65(102)52(34-44-18-12-9-13-19-44)85-62(99)49(75)20-14-30-80-72(76)77/h8-13,16-19,22-29,41-42,49-56,60-61,94-95,110-111H,14-15,20-21,30-40,75H2,1-7H3,(H,81,105)(H,82,100)(H,84,96)(H,85,99)(H,86,101)(H,87,104)(H,88,103)(H,89,106)(H,90,102)(H,108,109)(H4,76,77,80)(H4,78,79,83)/t42-,49+,50+,51+,52+,53+,54+,55+,56+,60+,61-/m1/s1. The fourth-order valence-electron chi connectivity index (χ4n) is 11.8. The highest BCUT2D eigenvalue weighted by Gasteiger charge is 2.42. The summed E-state index contributed by atoms with van der Waals surface area (Å²) in [5, 5.41) is 53.6. The number of benzene rings is 4. The number of hydrogen-bond acceptors (Lipinski definition) is 20. The number of aliphatic hydroxyl groups excluding tert-OH is 1. The van der Waals surface area contributed by atoms with Gasteiger partial charge in [-0.15, -0.1) is 0 Å². The van der Waals surface area contributed by atoms with Crippen molar-refractivity contribution in [2.75, 3.05) is 52.6 Å². The molecule has 1 saturated heterocycles. The normalized spacial score (nSPS) is 15.2. The number of likely N-dealkylation sites (N-methyl/N-ethyl adjacent to an activating group) is 2. The Morgan fingerprint density at radius 1 is 0.604 bits per heavy atom. The quantitative estimate of drug-likeness (QED) is 0.00910. The van der Waals surface area contributed by atoms with Crippen LogP contribution in [0, 0.1) is 5.92 Å². The molecule has 1 heterocycles. The Hall–Kier alpha value is -11.1. The van der Waals surface area contributed by atoms with Crippen LogP contribution in [0.2, 0.25) is 0 Å². The van der Waals surface area contributed by atoms with Crippen molar-refractivity contribution in [2.45, 2.75) is 164 Å². The Labute approximate surface area is 654 Å². The lowest BCUT2D eigenvalue weighted by molar-refractivity contribution is -0.146. The summed E-state index contributed by atoms with van der Waals surface area (Å²) < 4.78 is -1.38. The Balaban J connectivity index is 1.31. The number of phenolic OH excluding ortho intramolecular Hbond substituents is 1. The molecule has 0 aromatic heterocycles. The molecule has 0 aliphatic carbocycles. The number of aromatic hydroxyl groups is 1. The van der Waals surface area contributed by atoms with E-state index in [1.54, 1.807) is 98.8 Å². The number of hydrogen-bond donors (Lipinski definition) is 19. The second-order valence-corrected chi connectivity index (χ2v) is 29.5. The number of aliphatic imine (C=N–C) groups is 2. The van der Waals surface area contributed by atoms with E-state index in [2.05, 4.69) is 83.1 Å². The second-order valence-electron chi connectivity index (χ2n) is 27.9. The van der Waals surface area contributed by atoms with Crippen LogP contribution in [-0.2, 0) is 88.0 Å². The molecule has 1 fully saturated rings. The first-order valence-corrected chi connectivity index (χ1v) is 37.0. The number of nitrogens with zero attached hydrogens (tertiary/aromatic N) is 5. The van der Waals surface area contributed by atoms with Gasteiger partial charge in [0.25, 0.3) is 0 Å². The van der Waals surface area contributed by atoms with Crippen LogP contribution in [0.25, 0.3) is 0 Å². The van der Waals surface area contributed by atoms with Gasteiger partial charge < -0.3 is 107 Å². The summed E-state index contributed by atoms with van der Waals surface area (Å²) in [7, 11) is 2.62. The second kappa shape index (κ2) is 44.0. The van der Waals surface area contributed by atoms with E-state index in [-0.39, 0.29) is 87.4 Å². The maximum Gasteiger partial charge on any atom is 0.327 e. The molecule has 22 N–H and O–H groups in total. The van der Waals surface area contributed by atoms with Gasteiger partial charge in [-0.1, -0.05) is 98.8 Å². The molecule has 11 atom stereocenters. The van der Waals surface area contributed by atoms with Crippen molar-refractivity contribution >= 4 is 120 Å². The first-order chi connectivity index (χ1) is 52.3. The number of phenols is 1. The molecule has 1 aliphatic heterocycles. The van der Waals surface area contributed by atoms with Crippen LogP contribution in [0.4, 0.5) is 5.69 Å². The van der Waals surface area contributed by atoms with E-state index < -0.39 is 168 Å². The summed E-state index contributed by atoms with van der Waals surface area (Å²) in [6.07, 6.45) is -1.10. The number of amides is 12. The van der Waals surface area contributed by atoms with Crippen molar-refractivity contribution in [1.29, 1.82) is 0 Å². The van der Waals surface area contributed by atoms with Crippen LogP contribution in [0.15, 0.2) is 119 Å². The van der Waals surface area contributed by atoms with E-state index in [9.17, 15) is 77.6 Å². The molecule has 4 aromatic rings. The smallest absolute Gasteiger partial charge is 0.327 e. The molecule has 37 heteroatoms. The van der Waals surface area contributed by atoms with Gasteiger partial charge >= 0.3 is 5.97 Å². The molecule has 0 unspecified atom stereocenters. The fourth-order valence-corrected chi connectivity index (χ4v) is 12.2. The average Bonchev–Trinajstić information content (AvgIpc) is 1.81. The SMILES string of the molecule is CC(C)C[C@@H](C(=O)N[C@@H](Cc1ccc(O)cc1)C(=O)N1CCC[C@H]1C(=O)N[C@@H](CS)C(=O)O)N(C)C(=O)CN(C)C(=O)CNC(=O)[C@H](Cc1ccccc1)NC(=O)[C@H](Cc1ccc(N=C(N)N)cc1)NC(=O)CNC(=O)[C@@H](NC(=O)[C@@H](NC(=O)[C@H](Cc1ccccc1)NC(=O)[C@@H](N)CCCN=C(N)N)C(C)(C)S)[C@@H](C)O. The Kier molecular flexibility index (Phi) is 35.9. The highest BCUT2D eigenvalue weighted by Crippen LogP contribution is 2.24. The molecule has 35 nitrogen and oxygen atoms in total. The molecular formula is C74H105N19O16S2. The lowest BCUT2D eigenvalue weighted by atomic mass is 9.99. The number of guanidine groups is 2. The van der Waals surface area contributed by atoms with Crippen LogP contribution in [0.1, 0.15) is 89.0 Å². The molecule has 0 bridgehead atoms. The number of carbonyl (C=O) groups excluding carboxylic acids is 12.